The first-order valence-corrected chi connectivity index (χ1v) is 7.49. The van der Waals surface area contributed by atoms with Gasteiger partial charge >= 0.3 is 6.18 Å². The molecule has 1 heterocycles. The average molecular weight is 289 g/mol. The fourth-order valence-electron chi connectivity index (χ4n) is 4.56. The molecule has 3 fully saturated rings. The number of rotatable bonds is 2. The van der Waals surface area contributed by atoms with E-state index in [1.165, 1.54) is 25.5 Å². The Balaban J connectivity index is 1.53. The van der Waals surface area contributed by atoms with Crippen LogP contribution in [-0.4, -0.2) is 10.1 Å². The summed E-state index contributed by atoms with van der Waals surface area (Å²) in [5, 5.41) is 9.46. The van der Waals surface area contributed by atoms with E-state index in [1.54, 1.807) is 0 Å². The molecular formula is C13H14F3NOS. The molecule has 2 nitrogen and oxygen atoms in total. The van der Waals surface area contributed by atoms with Crippen LogP contribution >= 0.6 is 11.3 Å². The summed E-state index contributed by atoms with van der Waals surface area (Å²) in [7, 11) is 0. The molecule has 3 aliphatic carbocycles. The van der Waals surface area contributed by atoms with Crippen LogP contribution in [0.15, 0.2) is 6.20 Å². The number of aliphatic hydroxyl groups is 1. The maximum atomic E-state index is 12.5. The molecule has 0 spiro atoms. The molecule has 0 radical (unpaired) electrons. The molecule has 0 amide bonds. The summed E-state index contributed by atoms with van der Waals surface area (Å²) >= 11 is 0.592. The SMILES string of the molecule is OC(c1cnc(C(F)(F)F)s1)C1C2C3CCC(C3)C21. The highest BCUT2D eigenvalue weighted by Crippen LogP contribution is 2.72. The van der Waals surface area contributed by atoms with Crippen LogP contribution in [0.4, 0.5) is 13.2 Å². The van der Waals surface area contributed by atoms with Crippen LogP contribution in [0.3, 0.4) is 0 Å². The van der Waals surface area contributed by atoms with Crippen molar-refractivity contribution in [3.8, 4) is 0 Å². The maximum absolute atomic E-state index is 12.5. The molecule has 4 rings (SSSR count). The quantitative estimate of drug-likeness (QED) is 0.904. The first-order valence-electron chi connectivity index (χ1n) is 6.68. The zero-order valence-corrected chi connectivity index (χ0v) is 10.9. The highest BCUT2D eigenvalue weighted by molar-refractivity contribution is 7.11. The van der Waals surface area contributed by atoms with Gasteiger partial charge in [0.25, 0.3) is 0 Å². The van der Waals surface area contributed by atoms with Crippen LogP contribution in [0.2, 0.25) is 0 Å². The second-order valence-corrected chi connectivity index (χ2v) is 7.14. The molecule has 2 bridgehead atoms. The number of alkyl halides is 3. The van der Waals surface area contributed by atoms with Gasteiger partial charge < -0.3 is 5.11 Å². The van der Waals surface area contributed by atoms with Crippen molar-refractivity contribution in [2.75, 3.05) is 0 Å². The smallest absolute Gasteiger partial charge is 0.387 e. The van der Waals surface area contributed by atoms with Crippen molar-refractivity contribution in [2.24, 2.45) is 29.6 Å². The summed E-state index contributed by atoms with van der Waals surface area (Å²) < 4.78 is 37.5. The number of fused-ring (bicyclic) bond motifs is 5. The van der Waals surface area contributed by atoms with Gasteiger partial charge in [-0.05, 0) is 48.9 Å². The fourth-order valence-corrected chi connectivity index (χ4v) is 5.39. The van der Waals surface area contributed by atoms with E-state index in [-0.39, 0.29) is 5.92 Å². The van der Waals surface area contributed by atoms with Gasteiger partial charge in [0, 0.05) is 6.20 Å². The van der Waals surface area contributed by atoms with Crippen LogP contribution in [0, 0.1) is 29.6 Å². The van der Waals surface area contributed by atoms with E-state index in [0.717, 1.165) is 0 Å². The van der Waals surface area contributed by atoms with Gasteiger partial charge in [-0.3, -0.25) is 0 Å². The molecule has 0 aromatic carbocycles. The number of hydrogen-bond donors (Lipinski definition) is 1. The fraction of sp³-hybridized carbons (Fsp3) is 0.769. The van der Waals surface area contributed by atoms with Crippen LogP contribution in [0.1, 0.15) is 35.3 Å². The molecule has 1 aromatic rings. The topological polar surface area (TPSA) is 33.1 Å². The Labute approximate surface area is 112 Å². The minimum atomic E-state index is -4.40. The standard InChI is InChI=1S/C13H14F3NOS/c14-13(15,16)12-17-4-7(19-12)11(18)10-8-5-1-2-6(3-5)9(8)10/h4-6,8-11,18H,1-3H2. The molecule has 0 aliphatic heterocycles. The van der Waals surface area contributed by atoms with E-state index >= 15 is 0 Å². The molecule has 1 N–H and O–H groups in total. The lowest BCUT2D eigenvalue weighted by Crippen LogP contribution is -2.07. The van der Waals surface area contributed by atoms with E-state index in [1.807, 2.05) is 0 Å². The van der Waals surface area contributed by atoms with Crippen molar-refractivity contribution < 1.29 is 18.3 Å². The lowest BCUT2D eigenvalue weighted by Gasteiger charge is -2.13. The number of halogens is 3. The third-order valence-electron chi connectivity index (χ3n) is 5.22. The van der Waals surface area contributed by atoms with E-state index in [4.69, 9.17) is 0 Å². The summed E-state index contributed by atoms with van der Waals surface area (Å²) in [5.74, 6) is 2.73. The number of aromatic nitrogens is 1. The number of hydrogen-bond acceptors (Lipinski definition) is 3. The largest absolute Gasteiger partial charge is 0.443 e. The molecule has 104 valence electrons. The summed E-state index contributed by atoms with van der Waals surface area (Å²) in [6.45, 7) is 0. The van der Waals surface area contributed by atoms with Crippen molar-refractivity contribution >= 4 is 11.3 Å². The average Bonchev–Trinajstić information content (AvgIpc) is 2.78. The zero-order valence-electron chi connectivity index (χ0n) is 10.1. The first-order chi connectivity index (χ1) is 8.97. The predicted molar refractivity (Wildman–Crippen MR) is 63.4 cm³/mol. The van der Waals surface area contributed by atoms with Gasteiger partial charge in [0.2, 0.25) is 0 Å². The first kappa shape index (κ1) is 12.1. The Morgan fingerprint density at radius 2 is 1.89 bits per heavy atom. The van der Waals surface area contributed by atoms with Gasteiger partial charge in [0.15, 0.2) is 5.01 Å². The molecule has 5 atom stereocenters. The zero-order chi connectivity index (χ0) is 13.4. The van der Waals surface area contributed by atoms with Crippen LogP contribution in [0.5, 0.6) is 0 Å². The van der Waals surface area contributed by atoms with Gasteiger partial charge in [-0.25, -0.2) is 4.98 Å². The van der Waals surface area contributed by atoms with Crippen molar-refractivity contribution in [1.29, 1.82) is 0 Å². The predicted octanol–water partition coefficient (Wildman–Crippen LogP) is 3.49. The van der Waals surface area contributed by atoms with Gasteiger partial charge in [-0.1, -0.05) is 0 Å². The van der Waals surface area contributed by atoms with Gasteiger partial charge in [0.05, 0.1) is 11.0 Å². The Morgan fingerprint density at radius 3 is 2.42 bits per heavy atom. The Morgan fingerprint density at radius 1 is 1.26 bits per heavy atom. The molecule has 0 saturated heterocycles. The van der Waals surface area contributed by atoms with E-state index in [0.29, 0.717) is 39.9 Å². The third-order valence-corrected chi connectivity index (χ3v) is 6.33. The highest BCUT2D eigenvalue weighted by atomic mass is 32.1. The van der Waals surface area contributed by atoms with Crippen molar-refractivity contribution in [1.82, 2.24) is 4.98 Å². The minimum Gasteiger partial charge on any atom is -0.387 e. The molecule has 19 heavy (non-hydrogen) atoms. The number of nitrogens with zero attached hydrogens (tertiary/aromatic N) is 1. The van der Waals surface area contributed by atoms with Gasteiger partial charge in [-0.2, -0.15) is 13.2 Å². The van der Waals surface area contributed by atoms with Crippen molar-refractivity contribution in [3.63, 3.8) is 0 Å². The molecule has 3 aliphatic rings. The van der Waals surface area contributed by atoms with Gasteiger partial charge in [0.1, 0.15) is 0 Å². The third kappa shape index (κ3) is 1.69. The number of thiazole rings is 1. The maximum Gasteiger partial charge on any atom is 0.443 e. The van der Waals surface area contributed by atoms with Crippen LogP contribution in [-0.2, 0) is 6.18 Å². The van der Waals surface area contributed by atoms with Crippen LogP contribution < -0.4 is 0 Å². The lowest BCUT2D eigenvalue weighted by atomic mass is 9.98. The lowest BCUT2D eigenvalue weighted by molar-refractivity contribution is -0.137. The Hall–Kier alpha value is -0.620. The van der Waals surface area contributed by atoms with Crippen molar-refractivity contribution in [3.05, 3.63) is 16.1 Å². The second kappa shape index (κ2) is 3.73. The summed E-state index contributed by atoms with van der Waals surface area (Å²) in [6.07, 6.45) is -0.187. The van der Waals surface area contributed by atoms with Crippen LogP contribution in [0.25, 0.3) is 0 Å². The number of aliphatic hydroxyl groups excluding tert-OH is 1. The highest BCUT2D eigenvalue weighted by Gasteiger charge is 2.67. The summed E-state index contributed by atoms with van der Waals surface area (Å²) in [5.41, 5.74) is 0. The Bertz CT molecular complexity index is 498. The van der Waals surface area contributed by atoms with Gasteiger partial charge in [-0.15, -0.1) is 11.3 Å². The molecule has 1 aromatic heterocycles. The Kier molecular flexibility index (Phi) is 2.38. The monoisotopic (exact) mass is 289 g/mol. The van der Waals surface area contributed by atoms with E-state index in [2.05, 4.69) is 4.98 Å². The molecular weight excluding hydrogens is 275 g/mol. The van der Waals surface area contributed by atoms with E-state index in [9.17, 15) is 18.3 Å². The minimum absolute atomic E-state index is 0.188. The molecule has 5 unspecified atom stereocenters. The molecule has 6 heteroatoms. The summed E-state index contributed by atoms with van der Waals surface area (Å²) in [6, 6.07) is 0. The summed E-state index contributed by atoms with van der Waals surface area (Å²) in [4.78, 5) is 3.78. The molecule has 3 saturated carbocycles. The second-order valence-electron chi connectivity index (χ2n) is 6.08. The normalized spacial score (nSPS) is 41.4. The van der Waals surface area contributed by atoms with E-state index < -0.39 is 17.3 Å². The van der Waals surface area contributed by atoms with Crippen molar-refractivity contribution in [2.45, 2.75) is 31.5 Å².